The Hall–Kier alpha value is -2.11. The molecule has 0 saturated heterocycles. The van der Waals surface area contributed by atoms with Crippen molar-refractivity contribution in [3.05, 3.63) is 69.8 Å². The second-order valence-electron chi connectivity index (χ2n) is 4.88. The maximum atomic E-state index is 5.87. The highest BCUT2D eigenvalue weighted by atomic mass is 79.9. The molecule has 0 fully saturated rings. The number of para-hydroxylation sites is 1. The molecule has 1 N–H and O–H groups in total. The minimum atomic E-state index is 0.702. The molecule has 0 amide bonds. The van der Waals surface area contributed by atoms with Gasteiger partial charge in [0.25, 0.3) is 0 Å². The molecule has 0 aliphatic rings. The van der Waals surface area contributed by atoms with Crippen LogP contribution in [0.1, 0.15) is 5.69 Å². The molecular weight excluding hydrogens is 376 g/mol. The van der Waals surface area contributed by atoms with Crippen LogP contribution in [0.15, 0.2) is 64.1 Å². The summed E-state index contributed by atoms with van der Waals surface area (Å²) in [6, 6.07) is 17.3. The van der Waals surface area contributed by atoms with Crippen LogP contribution in [0.4, 0.5) is 11.5 Å². The molecule has 0 saturated carbocycles. The third-order valence-electron chi connectivity index (χ3n) is 3.23. The number of nitrogens with one attached hydrogen (secondary N) is 1. The molecule has 3 aromatic rings. The molecule has 4 nitrogen and oxygen atoms in total. The van der Waals surface area contributed by atoms with Crippen LogP contribution in [0.3, 0.4) is 0 Å². The molecule has 0 aliphatic heterocycles. The van der Waals surface area contributed by atoms with E-state index in [2.05, 4.69) is 31.3 Å². The van der Waals surface area contributed by atoms with E-state index in [9.17, 15) is 0 Å². The quantitative estimate of drug-likeness (QED) is 0.481. The van der Waals surface area contributed by atoms with E-state index in [-0.39, 0.29) is 0 Å². The van der Waals surface area contributed by atoms with Crippen LogP contribution in [0, 0.1) is 6.92 Å². The summed E-state index contributed by atoms with van der Waals surface area (Å²) in [5.41, 5.74) is 2.75. The molecule has 3 rings (SSSR count). The van der Waals surface area contributed by atoms with Crippen molar-refractivity contribution in [2.75, 3.05) is 5.32 Å². The molecule has 6 heteroatoms. The van der Waals surface area contributed by atoms with E-state index in [0.29, 0.717) is 5.02 Å². The van der Waals surface area contributed by atoms with Crippen LogP contribution in [-0.2, 0) is 0 Å². The number of nitrogens with zero attached hydrogens (tertiary/aromatic N) is 3. The molecule has 0 bridgehead atoms. The van der Waals surface area contributed by atoms with Crippen molar-refractivity contribution >= 4 is 45.4 Å². The number of rotatable bonds is 4. The lowest BCUT2D eigenvalue weighted by atomic mass is 10.3. The number of benzene rings is 2. The fourth-order valence-electron chi connectivity index (χ4n) is 2.07. The molecule has 0 aliphatic carbocycles. The number of hydrogen-bond donors (Lipinski definition) is 1. The van der Waals surface area contributed by atoms with Crippen molar-refractivity contribution in [3.8, 4) is 5.69 Å². The van der Waals surface area contributed by atoms with Gasteiger partial charge in [-0.1, -0.05) is 29.8 Å². The first kappa shape index (κ1) is 15.8. The number of aromatic nitrogens is 2. The predicted octanol–water partition coefficient (Wildman–Crippen LogP) is 5.37. The number of hydrogen-bond acceptors (Lipinski definition) is 2. The number of aliphatic imine (C=N–C) groups is 1. The summed E-state index contributed by atoms with van der Waals surface area (Å²) in [6.07, 6.45) is 1.64. The van der Waals surface area contributed by atoms with E-state index < -0.39 is 0 Å². The van der Waals surface area contributed by atoms with Gasteiger partial charge in [-0.05, 0) is 59.3 Å². The second kappa shape index (κ2) is 6.98. The van der Waals surface area contributed by atoms with Gasteiger partial charge in [-0.15, -0.1) is 0 Å². The average Bonchev–Trinajstić information content (AvgIpc) is 2.86. The Morgan fingerprint density at radius 2 is 1.83 bits per heavy atom. The SMILES string of the molecule is Cc1nn(-c2ccccc2)c(/N=C\Nc2ccc(Cl)cc2)c1Br. The van der Waals surface area contributed by atoms with Gasteiger partial charge in [0.1, 0.15) is 0 Å². The molecule has 0 spiro atoms. The fraction of sp³-hybridized carbons (Fsp3) is 0.0588. The highest BCUT2D eigenvalue weighted by Gasteiger charge is 2.13. The van der Waals surface area contributed by atoms with Crippen LogP contribution >= 0.6 is 27.5 Å². The molecule has 1 aromatic heterocycles. The van der Waals surface area contributed by atoms with Gasteiger partial charge in [0.05, 0.1) is 22.2 Å². The summed E-state index contributed by atoms with van der Waals surface area (Å²) in [4.78, 5) is 4.51. The monoisotopic (exact) mass is 388 g/mol. The highest BCUT2D eigenvalue weighted by Crippen LogP contribution is 2.30. The second-order valence-corrected chi connectivity index (χ2v) is 6.11. The Balaban J connectivity index is 1.87. The van der Waals surface area contributed by atoms with Gasteiger partial charge in [0.2, 0.25) is 0 Å². The zero-order valence-electron chi connectivity index (χ0n) is 12.4. The lowest BCUT2D eigenvalue weighted by molar-refractivity contribution is 0.863. The predicted molar refractivity (Wildman–Crippen MR) is 99.2 cm³/mol. The van der Waals surface area contributed by atoms with E-state index in [1.165, 1.54) is 0 Å². The third kappa shape index (κ3) is 3.63. The highest BCUT2D eigenvalue weighted by molar-refractivity contribution is 9.10. The van der Waals surface area contributed by atoms with Gasteiger partial charge in [-0.3, -0.25) is 0 Å². The van der Waals surface area contributed by atoms with Crippen molar-refractivity contribution in [2.45, 2.75) is 6.92 Å². The van der Waals surface area contributed by atoms with E-state index in [4.69, 9.17) is 11.6 Å². The average molecular weight is 390 g/mol. The van der Waals surface area contributed by atoms with Gasteiger partial charge in [0, 0.05) is 10.7 Å². The standard InChI is InChI=1S/C17H14BrClN4/c1-12-16(18)17(23(22-12)15-5-3-2-4-6-15)21-11-20-14-9-7-13(19)8-10-14/h2-11H,1H3,(H,20,21). The smallest absolute Gasteiger partial charge is 0.171 e. The first-order valence-electron chi connectivity index (χ1n) is 7.00. The summed E-state index contributed by atoms with van der Waals surface area (Å²) in [5.74, 6) is 0.732. The molecule has 2 aromatic carbocycles. The fourth-order valence-corrected chi connectivity index (χ4v) is 2.55. The van der Waals surface area contributed by atoms with Crippen molar-refractivity contribution in [2.24, 2.45) is 4.99 Å². The Morgan fingerprint density at radius 3 is 2.52 bits per heavy atom. The first-order valence-corrected chi connectivity index (χ1v) is 8.17. The lowest BCUT2D eigenvalue weighted by Crippen LogP contribution is -1.98. The van der Waals surface area contributed by atoms with Crippen LogP contribution < -0.4 is 5.32 Å². The lowest BCUT2D eigenvalue weighted by Gasteiger charge is -2.04. The van der Waals surface area contributed by atoms with Crippen molar-refractivity contribution in [1.82, 2.24) is 9.78 Å². The zero-order valence-corrected chi connectivity index (χ0v) is 14.7. The molecule has 1 heterocycles. The summed E-state index contributed by atoms with van der Waals surface area (Å²) in [6.45, 7) is 1.94. The summed E-state index contributed by atoms with van der Waals surface area (Å²) >= 11 is 9.43. The number of aryl methyl sites for hydroxylation is 1. The molecule has 0 unspecified atom stereocenters. The van der Waals surface area contributed by atoms with Crippen molar-refractivity contribution < 1.29 is 0 Å². The third-order valence-corrected chi connectivity index (χ3v) is 4.41. The normalized spacial score (nSPS) is 11.1. The van der Waals surface area contributed by atoms with Crippen LogP contribution in [0.25, 0.3) is 5.69 Å². The van der Waals surface area contributed by atoms with Crippen LogP contribution in [0.2, 0.25) is 5.02 Å². The topological polar surface area (TPSA) is 42.2 Å². The van der Waals surface area contributed by atoms with Gasteiger partial charge in [-0.25, -0.2) is 9.67 Å². The summed E-state index contributed by atoms with van der Waals surface area (Å²) in [7, 11) is 0. The Labute approximate surface area is 147 Å². The van der Waals surface area contributed by atoms with E-state index >= 15 is 0 Å². The van der Waals surface area contributed by atoms with Crippen molar-refractivity contribution in [3.63, 3.8) is 0 Å². The summed E-state index contributed by atoms with van der Waals surface area (Å²) in [5, 5.41) is 8.35. The molecule has 0 atom stereocenters. The van der Waals surface area contributed by atoms with Gasteiger partial charge in [-0.2, -0.15) is 5.10 Å². The number of halogens is 2. The number of anilines is 1. The summed E-state index contributed by atoms with van der Waals surface area (Å²) < 4.78 is 2.68. The first-order chi connectivity index (χ1) is 11.1. The minimum absolute atomic E-state index is 0.702. The van der Waals surface area contributed by atoms with Gasteiger partial charge in [0.15, 0.2) is 5.82 Å². The Morgan fingerprint density at radius 1 is 1.13 bits per heavy atom. The van der Waals surface area contributed by atoms with Crippen molar-refractivity contribution in [1.29, 1.82) is 0 Å². The maximum absolute atomic E-state index is 5.87. The van der Waals surface area contributed by atoms with E-state index in [0.717, 1.165) is 27.4 Å². The zero-order chi connectivity index (χ0) is 16.2. The van der Waals surface area contributed by atoms with Gasteiger partial charge < -0.3 is 5.32 Å². The largest absolute Gasteiger partial charge is 0.346 e. The van der Waals surface area contributed by atoms with Gasteiger partial charge >= 0.3 is 0 Å². The van der Waals surface area contributed by atoms with Crippen LogP contribution in [0.5, 0.6) is 0 Å². The van der Waals surface area contributed by atoms with E-state index in [1.54, 1.807) is 11.0 Å². The minimum Gasteiger partial charge on any atom is -0.346 e. The molecule has 23 heavy (non-hydrogen) atoms. The maximum Gasteiger partial charge on any atom is 0.171 e. The molecular formula is C17H14BrClN4. The molecule has 0 radical (unpaired) electrons. The van der Waals surface area contributed by atoms with Crippen LogP contribution in [-0.4, -0.2) is 16.1 Å². The van der Waals surface area contributed by atoms with E-state index in [1.807, 2.05) is 61.5 Å². The Bertz CT molecular complexity index is 826. The Kier molecular flexibility index (Phi) is 4.79. The molecule has 116 valence electrons.